The predicted octanol–water partition coefficient (Wildman–Crippen LogP) is 1.75. The van der Waals surface area contributed by atoms with Crippen molar-refractivity contribution in [2.75, 3.05) is 14.2 Å². The van der Waals surface area contributed by atoms with E-state index in [1.54, 1.807) is 7.11 Å². The van der Waals surface area contributed by atoms with E-state index < -0.39 is 0 Å². The molecule has 2 saturated carbocycles. The SMILES string of the molecule is COC(=O)[C@@H]1[C@]2(C)CCCC[C@]12OC. The molecule has 0 aliphatic heterocycles. The molecule has 0 aromatic heterocycles. The summed E-state index contributed by atoms with van der Waals surface area (Å²) in [5, 5.41) is 0. The van der Waals surface area contributed by atoms with Gasteiger partial charge in [-0.05, 0) is 12.8 Å². The largest absolute Gasteiger partial charge is 0.469 e. The zero-order valence-electron chi connectivity index (χ0n) is 9.13. The maximum atomic E-state index is 11.6. The standard InChI is InChI=1S/C11H18O3/c1-10-6-4-5-7-11(10,14-3)8(10)9(12)13-2/h8H,4-7H2,1-3H3/t8-,10+,11+/m1/s1. The van der Waals surface area contributed by atoms with Gasteiger partial charge >= 0.3 is 5.97 Å². The van der Waals surface area contributed by atoms with Crippen molar-refractivity contribution >= 4 is 5.97 Å². The second-order valence-electron chi connectivity index (χ2n) is 4.67. The lowest BCUT2D eigenvalue weighted by Gasteiger charge is -2.25. The molecule has 0 heterocycles. The fraction of sp³-hybridized carbons (Fsp3) is 0.909. The van der Waals surface area contributed by atoms with Crippen LogP contribution in [-0.4, -0.2) is 25.8 Å². The van der Waals surface area contributed by atoms with Crippen LogP contribution in [0.15, 0.2) is 0 Å². The van der Waals surface area contributed by atoms with E-state index in [0.29, 0.717) is 0 Å². The zero-order valence-corrected chi connectivity index (χ0v) is 9.13. The lowest BCUT2D eigenvalue weighted by atomic mass is 9.87. The lowest BCUT2D eigenvalue weighted by molar-refractivity contribution is -0.144. The molecule has 0 radical (unpaired) electrons. The molecule has 2 aliphatic carbocycles. The van der Waals surface area contributed by atoms with Crippen LogP contribution in [-0.2, 0) is 14.3 Å². The Balaban J connectivity index is 2.24. The maximum Gasteiger partial charge on any atom is 0.312 e. The van der Waals surface area contributed by atoms with E-state index >= 15 is 0 Å². The van der Waals surface area contributed by atoms with Crippen LogP contribution in [0.5, 0.6) is 0 Å². The highest BCUT2D eigenvalue weighted by Gasteiger charge is 2.78. The van der Waals surface area contributed by atoms with Gasteiger partial charge in [0.05, 0.1) is 18.6 Å². The molecule has 0 aromatic carbocycles. The smallest absolute Gasteiger partial charge is 0.312 e. The van der Waals surface area contributed by atoms with Crippen molar-refractivity contribution in [1.29, 1.82) is 0 Å². The highest BCUT2D eigenvalue weighted by atomic mass is 16.5. The summed E-state index contributed by atoms with van der Waals surface area (Å²) in [6.45, 7) is 2.15. The Morgan fingerprint density at radius 3 is 2.43 bits per heavy atom. The van der Waals surface area contributed by atoms with Crippen molar-refractivity contribution in [2.45, 2.75) is 38.2 Å². The Morgan fingerprint density at radius 1 is 1.29 bits per heavy atom. The van der Waals surface area contributed by atoms with Crippen LogP contribution in [0.2, 0.25) is 0 Å². The van der Waals surface area contributed by atoms with Crippen molar-refractivity contribution in [3.8, 4) is 0 Å². The van der Waals surface area contributed by atoms with Crippen LogP contribution in [0.3, 0.4) is 0 Å². The number of methoxy groups -OCH3 is 2. The highest BCUT2D eigenvalue weighted by molar-refractivity contribution is 5.80. The van der Waals surface area contributed by atoms with Gasteiger partial charge in [-0.2, -0.15) is 0 Å². The first kappa shape index (κ1) is 9.97. The molecular weight excluding hydrogens is 180 g/mol. The molecule has 3 atom stereocenters. The Kier molecular flexibility index (Phi) is 2.11. The van der Waals surface area contributed by atoms with E-state index in [4.69, 9.17) is 9.47 Å². The lowest BCUT2D eigenvalue weighted by Crippen LogP contribution is -2.25. The molecule has 0 aromatic rings. The minimum absolute atomic E-state index is 0.0347. The van der Waals surface area contributed by atoms with Crippen LogP contribution in [0.25, 0.3) is 0 Å². The van der Waals surface area contributed by atoms with E-state index in [1.807, 2.05) is 0 Å². The van der Waals surface area contributed by atoms with Crippen molar-refractivity contribution in [1.82, 2.24) is 0 Å². The first-order chi connectivity index (χ1) is 6.62. The Hall–Kier alpha value is -0.570. The van der Waals surface area contributed by atoms with Crippen LogP contribution >= 0.6 is 0 Å². The number of carbonyl (C=O) groups excluding carboxylic acids is 1. The number of rotatable bonds is 2. The Labute approximate surface area is 84.8 Å². The van der Waals surface area contributed by atoms with Gasteiger partial charge in [0, 0.05) is 12.5 Å². The highest BCUT2D eigenvalue weighted by Crippen LogP contribution is 2.71. The van der Waals surface area contributed by atoms with E-state index in [2.05, 4.69) is 6.92 Å². The van der Waals surface area contributed by atoms with Gasteiger partial charge in [-0.25, -0.2) is 0 Å². The van der Waals surface area contributed by atoms with Crippen LogP contribution in [0, 0.1) is 11.3 Å². The number of hydrogen-bond donors (Lipinski definition) is 0. The molecule has 2 aliphatic rings. The van der Waals surface area contributed by atoms with Gasteiger partial charge in [0.15, 0.2) is 0 Å². The van der Waals surface area contributed by atoms with E-state index in [9.17, 15) is 4.79 Å². The second-order valence-corrected chi connectivity index (χ2v) is 4.67. The average molecular weight is 198 g/mol. The predicted molar refractivity (Wildman–Crippen MR) is 51.8 cm³/mol. The molecule has 0 saturated heterocycles. The minimum Gasteiger partial charge on any atom is -0.469 e. The third-order valence-electron chi connectivity index (χ3n) is 4.28. The fourth-order valence-electron chi connectivity index (χ4n) is 3.41. The summed E-state index contributed by atoms with van der Waals surface area (Å²) in [4.78, 5) is 11.6. The van der Waals surface area contributed by atoms with Crippen molar-refractivity contribution in [3.05, 3.63) is 0 Å². The summed E-state index contributed by atoms with van der Waals surface area (Å²) in [6.07, 6.45) is 4.45. The number of carbonyl (C=O) groups is 1. The summed E-state index contributed by atoms with van der Waals surface area (Å²) in [7, 11) is 3.17. The van der Waals surface area contributed by atoms with Crippen LogP contribution in [0.4, 0.5) is 0 Å². The van der Waals surface area contributed by atoms with Crippen molar-refractivity contribution in [3.63, 3.8) is 0 Å². The van der Waals surface area contributed by atoms with E-state index in [1.165, 1.54) is 13.5 Å². The summed E-state index contributed by atoms with van der Waals surface area (Å²) < 4.78 is 10.4. The first-order valence-electron chi connectivity index (χ1n) is 5.25. The Bertz CT molecular complexity index is 263. The molecule has 0 N–H and O–H groups in total. The normalized spacial score (nSPS) is 45.5. The van der Waals surface area contributed by atoms with Crippen molar-refractivity contribution in [2.24, 2.45) is 11.3 Å². The summed E-state index contributed by atoms with van der Waals surface area (Å²) >= 11 is 0. The summed E-state index contributed by atoms with van der Waals surface area (Å²) in [5.74, 6) is -0.135. The molecule has 3 nitrogen and oxygen atoms in total. The van der Waals surface area contributed by atoms with Gasteiger partial charge in [-0.1, -0.05) is 19.8 Å². The molecule has 0 unspecified atom stereocenters. The molecule has 0 amide bonds. The number of ether oxygens (including phenoxy) is 2. The first-order valence-corrected chi connectivity index (χ1v) is 5.25. The summed E-state index contributed by atoms with van der Waals surface area (Å²) in [6, 6.07) is 0. The molecule has 2 rings (SSSR count). The topological polar surface area (TPSA) is 35.5 Å². The van der Waals surface area contributed by atoms with Crippen LogP contribution in [0.1, 0.15) is 32.6 Å². The van der Waals surface area contributed by atoms with Gasteiger partial charge < -0.3 is 9.47 Å². The molecule has 3 heteroatoms. The quantitative estimate of drug-likeness (QED) is 0.634. The average Bonchev–Trinajstić information content (AvgIpc) is 2.78. The molecule has 0 bridgehead atoms. The molecule has 0 spiro atoms. The van der Waals surface area contributed by atoms with Gasteiger partial charge in [0.1, 0.15) is 0 Å². The third kappa shape index (κ3) is 0.937. The maximum absolute atomic E-state index is 11.6. The minimum atomic E-state index is -0.210. The number of fused-ring (bicyclic) bond motifs is 1. The second kappa shape index (κ2) is 2.96. The van der Waals surface area contributed by atoms with Gasteiger partial charge in [0.2, 0.25) is 0 Å². The summed E-state index contributed by atoms with van der Waals surface area (Å²) in [5.41, 5.74) is -0.175. The third-order valence-corrected chi connectivity index (χ3v) is 4.28. The van der Waals surface area contributed by atoms with Gasteiger partial charge in [-0.15, -0.1) is 0 Å². The number of esters is 1. The van der Waals surface area contributed by atoms with Gasteiger partial charge in [-0.3, -0.25) is 4.79 Å². The van der Waals surface area contributed by atoms with Crippen LogP contribution < -0.4 is 0 Å². The molecule has 14 heavy (non-hydrogen) atoms. The van der Waals surface area contributed by atoms with Gasteiger partial charge in [0.25, 0.3) is 0 Å². The Morgan fingerprint density at radius 2 is 1.93 bits per heavy atom. The fourth-order valence-corrected chi connectivity index (χ4v) is 3.41. The molecule has 80 valence electrons. The van der Waals surface area contributed by atoms with E-state index in [0.717, 1.165) is 19.3 Å². The zero-order chi connectivity index (χ0) is 10.4. The monoisotopic (exact) mass is 198 g/mol. The van der Waals surface area contributed by atoms with Crippen molar-refractivity contribution < 1.29 is 14.3 Å². The van der Waals surface area contributed by atoms with E-state index in [-0.39, 0.29) is 22.9 Å². The molecule has 2 fully saturated rings. The molecular formula is C11H18O3. The number of hydrogen-bond acceptors (Lipinski definition) is 3.